The van der Waals surface area contributed by atoms with Gasteiger partial charge in [0.15, 0.2) is 0 Å². The number of nitrogens with two attached hydrogens (primary N) is 2. The van der Waals surface area contributed by atoms with Crippen molar-refractivity contribution in [3.05, 3.63) is 48.0 Å². The van der Waals surface area contributed by atoms with Crippen molar-refractivity contribution in [2.45, 2.75) is 62.9 Å². The summed E-state index contributed by atoms with van der Waals surface area (Å²) in [4.78, 5) is 68.6. The number of phenols is 1. The molecule has 11 N–H and O–H groups in total. The minimum Gasteiger partial charge on any atom is -0.508 e. The molecule has 4 amide bonds. The van der Waals surface area contributed by atoms with Crippen LogP contribution in [0, 0.1) is 0 Å². The molecule has 0 fully saturated rings. The Kier molecular flexibility index (Phi) is 11.4. The van der Waals surface area contributed by atoms with Gasteiger partial charge in [-0.25, -0.2) is 9.78 Å². The first-order chi connectivity index (χ1) is 18.4. The number of hydrogen-bond acceptors (Lipinski definition) is 9. The summed E-state index contributed by atoms with van der Waals surface area (Å²) in [5, 5.41) is 35.9. The number of aliphatic carboxylic acids is 1. The van der Waals surface area contributed by atoms with Gasteiger partial charge in [0.05, 0.1) is 12.4 Å². The van der Waals surface area contributed by atoms with E-state index < -0.39 is 59.9 Å². The Morgan fingerprint density at radius 3 is 2.08 bits per heavy atom. The van der Waals surface area contributed by atoms with E-state index in [9.17, 15) is 39.3 Å². The lowest BCUT2D eigenvalue weighted by atomic mass is 10.0. The number of aromatic amines is 1. The van der Waals surface area contributed by atoms with Crippen molar-refractivity contribution < 1.29 is 39.3 Å². The van der Waals surface area contributed by atoms with Crippen LogP contribution in [0.2, 0.25) is 0 Å². The molecule has 212 valence electrons. The number of carboxylic acids is 1. The molecule has 0 bridgehead atoms. The SMILES string of the molecule is CC(O)C(N)C(=O)NC(Cc1cnc[nH]1)C(=O)NC(CCC(N)=O)C(=O)NC(Cc1ccc(O)cc1)C(=O)O. The third-order valence-electron chi connectivity index (χ3n) is 5.74. The summed E-state index contributed by atoms with van der Waals surface area (Å²) in [6.45, 7) is 1.30. The second-order valence-electron chi connectivity index (χ2n) is 8.94. The predicted molar refractivity (Wildman–Crippen MR) is 136 cm³/mol. The summed E-state index contributed by atoms with van der Waals surface area (Å²) in [5.41, 5.74) is 11.8. The summed E-state index contributed by atoms with van der Waals surface area (Å²) >= 11 is 0. The molecule has 0 aliphatic heterocycles. The number of H-pyrrole nitrogens is 1. The third-order valence-corrected chi connectivity index (χ3v) is 5.74. The van der Waals surface area contributed by atoms with Crippen molar-refractivity contribution in [1.29, 1.82) is 0 Å². The normalized spacial score (nSPS) is 14.7. The van der Waals surface area contributed by atoms with Crippen LogP contribution in [0.1, 0.15) is 31.0 Å². The topological polar surface area (TPSA) is 263 Å². The van der Waals surface area contributed by atoms with Gasteiger partial charge in [-0.1, -0.05) is 12.1 Å². The second-order valence-corrected chi connectivity index (χ2v) is 8.94. The van der Waals surface area contributed by atoms with Crippen molar-refractivity contribution >= 4 is 29.6 Å². The molecular formula is C24H33N7O8. The lowest BCUT2D eigenvalue weighted by molar-refractivity contribution is -0.142. The van der Waals surface area contributed by atoms with Gasteiger partial charge in [0, 0.05) is 31.2 Å². The lowest BCUT2D eigenvalue weighted by Crippen LogP contribution is -2.58. The van der Waals surface area contributed by atoms with Crippen LogP contribution >= 0.6 is 0 Å². The smallest absolute Gasteiger partial charge is 0.326 e. The number of hydrogen-bond donors (Lipinski definition) is 9. The van der Waals surface area contributed by atoms with Gasteiger partial charge in [0.2, 0.25) is 23.6 Å². The first-order valence-electron chi connectivity index (χ1n) is 12.0. The van der Waals surface area contributed by atoms with Crippen LogP contribution in [0.4, 0.5) is 0 Å². The van der Waals surface area contributed by atoms with Crippen LogP contribution in [-0.2, 0) is 36.8 Å². The molecule has 15 heteroatoms. The Morgan fingerprint density at radius 2 is 1.54 bits per heavy atom. The molecule has 0 radical (unpaired) electrons. The number of aromatic nitrogens is 2. The first-order valence-corrected chi connectivity index (χ1v) is 12.0. The molecule has 1 aromatic heterocycles. The number of nitrogens with one attached hydrogen (secondary N) is 4. The molecule has 0 saturated heterocycles. The quantitative estimate of drug-likeness (QED) is 0.112. The maximum atomic E-state index is 13.2. The minimum atomic E-state index is -1.40. The van der Waals surface area contributed by atoms with Gasteiger partial charge in [-0.2, -0.15) is 0 Å². The van der Waals surface area contributed by atoms with Crippen LogP contribution < -0.4 is 27.4 Å². The summed E-state index contributed by atoms with van der Waals surface area (Å²) in [6.07, 6.45) is 0.780. The Hall–Kier alpha value is -4.50. The van der Waals surface area contributed by atoms with Crippen molar-refractivity contribution in [2.75, 3.05) is 0 Å². The molecular weight excluding hydrogens is 514 g/mol. The number of carbonyl (C=O) groups excluding carboxylic acids is 4. The number of phenolic OH excluding ortho intramolecular Hbond substituents is 1. The van der Waals surface area contributed by atoms with E-state index in [-0.39, 0.29) is 31.4 Å². The van der Waals surface area contributed by atoms with Crippen LogP contribution in [0.5, 0.6) is 5.75 Å². The van der Waals surface area contributed by atoms with Crippen molar-refractivity contribution in [1.82, 2.24) is 25.9 Å². The molecule has 0 saturated carbocycles. The number of primary amides is 1. The highest BCUT2D eigenvalue weighted by Gasteiger charge is 2.31. The van der Waals surface area contributed by atoms with Crippen LogP contribution in [0.25, 0.3) is 0 Å². The van der Waals surface area contributed by atoms with E-state index in [0.29, 0.717) is 11.3 Å². The van der Waals surface area contributed by atoms with E-state index in [1.54, 1.807) is 0 Å². The highest BCUT2D eigenvalue weighted by Crippen LogP contribution is 2.12. The van der Waals surface area contributed by atoms with Gasteiger partial charge in [0.1, 0.15) is 29.9 Å². The van der Waals surface area contributed by atoms with Crippen LogP contribution in [-0.4, -0.2) is 85.2 Å². The molecule has 15 nitrogen and oxygen atoms in total. The van der Waals surface area contributed by atoms with Crippen molar-refractivity contribution in [2.24, 2.45) is 11.5 Å². The zero-order chi connectivity index (χ0) is 29.1. The maximum Gasteiger partial charge on any atom is 0.326 e. The Bertz CT molecular complexity index is 1140. The fraction of sp³-hybridized carbons (Fsp3) is 0.417. The van der Waals surface area contributed by atoms with Crippen molar-refractivity contribution in [3.8, 4) is 5.75 Å². The number of aliphatic hydroxyl groups excluding tert-OH is 1. The van der Waals surface area contributed by atoms with Gasteiger partial charge >= 0.3 is 5.97 Å². The van der Waals surface area contributed by atoms with Gasteiger partial charge in [-0.3, -0.25) is 19.2 Å². The largest absolute Gasteiger partial charge is 0.508 e. The molecule has 1 aromatic carbocycles. The molecule has 5 unspecified atom stereocenters. The molecule has 0 spiro atoms. The van der Waals surface area contributed by atoms with Crippen LogP contribution in [0.15, 0.2) is 36.8 Å². The number of aromatic hydroxyl groups is 1. The number of carbonyl (C=O) groups is 5. The number of amides is 4. The number of benzene rings is 1. The number of carboxylic acid groups (broad SMARTS) is 1. The zero-order valence-corrected chi connectivity index (χ0v) is 21.2. The van der Waals surface area contributed by atoms with Gasteiger partial charge in [-0.05, 0) is 31.0 Å². The predicted octanol–water partition coefficient (Wildman–Crippen LogP) is -2.59. The van der Waals surface area contributed by atoms with Crippen LogP contribution in [0.3, 0.4) is 0 Å². The minimum absolute atomic E-state index is 0.0185. The number of imidazole rings is 1. The zero-order valence-electron chi connectivity index (χ0n) is 21.2. The monoisotopic (exact) mass is 547 g/mol. The third kappa shape index (κ3) is 10.1. The summed E-state index contributed by atoms with van der Waals surface area (Å²) in [6, 6.07) is 0.297. The van der Waals surface area contributed by atoms with E-state index in [2.05, 4.69) is 25.9 Å². The Labute approximate surface area is 223 Å². The second kappa shape index (κ2) is 14.4. The average Bonchev–Trinajstić information content (AvgIpc) is 3.39. The molecule has 5 atom stereocenters. The highest BCUT2D eigenvalue weighted by molar-refractivity contribution is 5.94. The van der Waals surface area contributed by atoms with E-state index in [1.807, 2.05) is 0 Å². The maximum absolute atomic E-state index is 13.2. The van der Waals surface area contributed by atoms with E-state index in [0.717, 1.165) is 0 Å². The molecule has 0 aliphatic rings. The fourth-order valence-corrected chi connectivity index (χ4v) is 3.48. The standard InChI is InChI=1S/C24H33N7O8/c1-12(32)20(26)23(37)30-17(9-14-10-27-11-28-14)22(36)29-16(6-7-19(25)34)21(35)31-18(24(38)39)8-13-2-4-15(33)5-3-13/h2-5,10-12,16-18,20,32-33H,6-9,26H2,1H3,(H2,25,34)(H,27,28)(H,29,36)(H,30,37)(H,31,35)(H,38,39). The molecule has 2 rings (SSSR count). The molecule has 2 aromatic rings. The first kappa shape index (κ1) is 30.7. The van der Waals surface area contributed by atoms with Crippen molar-refractivity contribution in [3.63, 3.8) is 0 Å². The highest BCUT2D eigenvalue weighted by atomic mass is 16.4. The number of nitrogens with zero attached hydrogens (tertiary/aromatic N) is 1. The van der Waals surface area contributed by atoms with E-state index >= 15 is 0 Å². The summed E-state index contributed by atoms with van der Waals surface area (Å²) in [5.74, 6) is -4.70. The molecule has 1 heterocycles. The Morgan fingerprint density at radius 1 is 0.949 bits per heavy atom. The number of aliphatic hydroxyl groups is 1. The number of rotatable bonds is 15. The van der Waals surface area contributed by atoms with Gasteiger partial charge in [-0.15, -0.1) is 0 Å². The molecule has 39 heavy (non-hydrogen) atoms. The fourth-order valence-electron chi connectivity index (χ4n) is 3.48. The summed E-state index contributed by atoms with van der Waals surface area (Å²) in [7, 11) is 0. The van der Waals surface area contributed by atoms with E-state index in [1.165, 1.54) is 43.7 Å². The summed E-state index contributed by atoms with van der Waals surface area (Å²) < 4.78 is 0. The lowest BCUT2D eigenvalue weighted by Gasteiger charge is -2.25. The van der Waals surface area contributed by atoms with Gasteiger partial charge in [0.25, 0.3) is 0 Å². The molecule has 0 aliphatic carbocycles. The average molecular weight is 548 g/mol. The van der Waals surface area contributed by atoms with Gasteiger partial charge < -0.3 is 47.7 Å². The van der Waals surface area contributed by atoms with E-state index in [4.69, 9.17) is 11.5 Å². The Balaban J connectivity index is 2.22.